The third-order valence-corrected chi connectivity index (χ3v) is 6.95. The van der Waals surface area contributed by atoms with E-state index in [0.29, 0.717) is 6.61 Å². The minimum Gasteiger partial charge on any atom is -0.415 e. The molecule has 0 aliphatic rings. The van der Waals surface area contributed by atoms with E-state index in [1.54, 1.807) is 6.92 Å². The standard InChI is InChI=1S/C26H53NO3Si2/c1-9-10-11-12-13-14-15-16-17-18-19-20-21-22-26(30-32(6,7)8)25(27-24(2)28)23-29-31(3,4)5/h17-18,21-22,25-26H,9-16,19-20,23H2,1-8H3,(H,27,28)/b18-17+,22-21+/t25-,26+/m1/s1. The maximum Gasteiger partial charge on any atom is 0.217 e. The molecule has 6 heteroatoms. The van der Waals surface area contributed by atoms with Crippen molar-refractivity contribution in [3.63, 3.8) is 0 Å². The average Bonchev–Trinajstić information content (AvgIpc) is 2.66. The molecule has 0 aromatic rings. The van der Waals surface area contributed by atoms with E-state index in [2.05, 4.69) is 75.8 Å². The molecule has 0 saturated heterocycles. The second kappa shape index (κ2) is 17.7. The molecule has 0 bridgehead atoms. The number of allylic oxidation sites excluding steroid dienone is 3. The summed E-state index contributed by atoms with van der Waals surface area (Å²) in [5.41, 5.74) is 0. The van der Waals surface area contributed by atoms with Crippen molar-refractivity contribution in [3.05, 3.63) is 24.3 Å². The third-order valence-electron chi connectivity index (χ3n) is 4.94. The molecule has 0 aromatic carbocycles. The topological polar surface area (TPSA) is 47.6 Å². The van der Waals surface area contributed by atoms with Crippen LogP contribution in [0.1, 0.15) is 78.1 Å². The molecule has 1 amide bonds. The SMILES string of the molecule is CCCCCCCCC/C=C/CC/C=C/[C@H](O[Si](C)(C)C)[C@@H](CO[Si](C)(C)C)NC(C)=O. The Morgan fingerprint density at radius 2 is 1.38 bits per heavy atom. The van der Waals surface area contributed by atoms with Gasteiger partial charge in [0.2, 0.25) is 5.91 Å². The lowest BCUT2D eigenvalue weighted by Crippen LogP contribution is -2.50. The Labute approximate surface area is 201 Å². The number of carbonyl (C=O) groups is 1. The quantitative estimate of drug-likeness (QED) is 0.117. The van der Waals surface area contributed by atoms with E-state index in [0.717, 1.165) is 12.8 Å². The summed E-state index contributed by atoms with van der Waals surface area (Å²) in [4.78, 5) is 11.8. The van der Waals surface area contributed by atoms with Gasteiger partial charge in [0.1, 0.15) is 0 Å². The van der Waals surface area contributed by atoms with E-state index < -0.39 is 16.6 Å². The molecule has 0 spiro atoms. The normalized spacial score (nSPS) is 14.9. The van der Waals surface area contributed by atoms with Crippen LogP contribution in [0.3, 0.4) is 0 Å². The summed E-state index contributed by atoms with van der Waals surface area (Å²) in [6.45, 7) is 17.4. The molecule has 0 unspecified atom stereocenters. The van der Waals surface area contributed by atoms with E-state index in [4.69, 9.17) is 8.85 Å². The fourth-order valence-electron chi connectivity index (χ4n) is 3.36. The predicted molar refractivity (Wildman–Crippen MR) is 145 cm³/mol. The van der Waals surface area contributed by atoms with Crippen molar-refractivity contribution in [2.24, 2.45) is 0 Å². The maximum atomic E-state index is 11.8. The lowest BCUT2D eigenvalue weighted by molar-refractivity contribution is -0.120. The maximum absolute atomic E-state index is 11.8. The molecule has 0 aliphatic carbocycles. The fourth-order valence-corrected chi connectivity index (χ4v) is 5.10. The van der Waals surface area contributed by atoms with Gasteiger partial charge in [-0.1, -0.05) is 69.8 Å². The van der Waals surface area contributed by atoms with Crippen LogP contribution >= 0.6 is 0 Å². The molecule has 0 aromatic heterocycles. The van der Waals surface area contributed by atoms with Crippen LogP contribution in [0.25, 0.3) is 0 Å². The highest BCUT2D eigenvalue weighted by Gasteiger charge is 2.28. The van der Waals surface area contributed by atoms with Crippen molar-refractivity contribution in [2.75, 3.05) is 6.61 Å². The van der Waals surface area contributed by atoms with Gasteiger partial charge in [0.25, 0.3) is 0 Å². The summed E-state index contributed by atoms with van der Waals surface area (Å²) >= 11 is 0. The van der Waals surface area contributed by atoms with Crippen LogP contribution in [0.4, 0.5) is 0 Å². The first-order valence-electron chi connectivity index (χ1n) is 12.8. The first-order chi connectivity index (χ1) is 14.9. The van der Waals surface area contributed by atoms with Crippen LogP contribution in [0.2, 0.25) is 39.3 Å². The third kappa shape index (κ3) is 21.2. The van der Waals surface area contributed by atoms with Gasteiger partial charge in [-0.2, -0.15) is 0 Å². The van der Waals surface area contributed by atoms with Gasteiger partial charge in [0, 0.05) is 6.92 Å². The number of unbranched alkanes of at least 4 members (excludes halogenated alkanes) is 8. The zero-order valence-corrected chi connectivity index (χ0v) is 24.5. The van der Waals surface area contributed by atoms with Crippen molar-refractivity contribution < 1.29 is 13.6 Å². The minimum atomic E-state index is -1.77. The van der Waals surface area contributed by atoms with Crippen molar-refractivity contribution in [1.29, 1.82) is 0 Å². The molecule has 0 saturated carbocycles. The molecular formula is C26H53NO3Si2. The van der Waals surface area contributed by atoms with Crippen LogP contribution in [0.15, 0.2) is 24.3 Å². The molecule has 0 fully saturated rings. The van der Waals surface area contributed by atoms with Gasteiger partial charge in [-0.05, 0) is 65.0 Å². The summed E-state index contributed by atoms with van der Waals surface area (Å²) in [5, 5.41) is 3.06. The molecule has 4 nitrogen and oxygen atoms in total. The zero-order chi connectivity index (χ0) is 24.5. The van der Waals surface area contributed by atoms with Gasteiger partial charge >= 0.3 is 0 Å². The first kappa shape index (κ1) is 31.3. The van der Waals surface area contributed by atoms with Gasteiger partial charge in [-0.3, -0.25) is 4.79 Å². The van der Waals surface area contributed by atoms with Crippen LogP contribution in [-0.4, -0.2) is 41.3 Å². The molecule has 0 aliphatic heterocycles. The van der Waals surface area contributed by atoms with E-state index in [-0.39, 0.29) is 18.1 Å². The van der Waals surface area contributed by atoms with E-state index in [1.165, 1.54) is 51.4 Å². The van der Waals surface area contributed by atoms with Crippen LogP contribution < -0.4 is 5.32 Å². The van der Waals surface area contributed by atoms with Crippen LogP contribution in [-0.2, 0) is 13.6 Å². The number of hydrogen-bond acceptors (Lipinski definition) is 3. The van der Waals surface area contributed by atoms with Crippen LogP contribution in [0.5, 0.6) is 0 Å². The summed E-state index contributed by atoms with van der Waals surface area (Å²) in [6.07, 6.45) is 21.6. The number of rotatable bonds is 19. The Morgan fingerprint density at radius 1 is 0.812 bits per heavy atom. The molecule has 0 heterocycles. The second-order valence-electron chi connectivity index (χ2n) is 10.8. The van der Waals surface area contributed by atoms with E-state index in [1.807, 2.05) is 0 Å². The minimum absolute atomic E-state index is 0.0416. The highest BCUT2D eigenvalue weighted by Crippen LogP contribution is 2.15. The fraction of sp³-hybridized carbons (Fsp3) is 0.808. The smallest absolute Gasteiger partial charge is 0.217 e. The largest absolute Gasteiger partial charge is 0.415 e. The summed E-state index contributed by atoms with van der Waals surface area (Å²) in [7, 11) is -3.45. The molecule has 2 atom stereocenters. The average molecular weight is 484 g/mol. The number of nitrogens with one attached hydrogen (secondary N) is 1. The molecule has 1 N–H and O–H groups in total. The van der Waals surface area contributed by atoms with Gasteiger partial charge in [-0.15, -0.1) is 0 Å². The summed E-state index contributed by atoms with van der Waals surface area (Å²) in [6, 6.07) is -0.157. The van der Waals surface area contributed by atoms with Gasteiger partial charge in [-0.25, -0.2) is 0 Å². The van der Waals surface area contributed by atoms with Crippen molar-refractivity contribution in [1.82, 2.24) is 5.32 Å². The predicted octanol–water partition coefficient (Wildman–Crippen LogP) is 7.60. The summed E-state index contributed by atoms with van der Waals surface area (Å²) < 4.78 is 12.5. The highest BCUT2D eigenvalue weighted by molar-refractivity contribution is 6.70. The number of hydrogen-bond donors (Lipinski definition) is 1. The molecule has 0 rings (SSSR count). The summed E-state index contributed by atoms with van der Waals surface area (Å²) in [5.74, 6) is -0.0416. The second-order valence-corrected chi connectivity index (χ2v) is 19.8. The number of amides is 1. The first-order valence-corrected chi connectivity index (χ1v) is 19.7. The molecular weight excluding hydrogens is 430 g/mol. The van der Waals surface area contributed by atoms with Crippen molar-refractivity contribution in [2.45, 2.75) is 129 Å². The van der Waals surface area contributed by atoms with Gasteiger partial charge < -0.3 is 14.2 Å². The molecule has 32 heavy (non-hydrogen) atoms. The highest BCUT2D eigenvalue weighted by atomic mass is 28.4. The Hall–Kier alpha value is -0.696. The van der Waals surface area contributed by atoms with Gasteiger partial charge in [0.05, 0.1) is 18.8 Å². The lowest BCUT2D eigenvalue weighted by atomic mass is 10.1. The van der Waals surface area contributed by atoms with E-state index in [9.17, 15) is 4.79 Å². The monoisotopic (exact) mass is 483 g/mol. The van der Waals surface area contributed by atoms with Crippen LogP contribution in [0, 0.1) is 0 Å². The zero-order valence-electron chi connectivity index (χ0n) is 22.5. The molecule has 188 valence electrons. The van der Waals surface area contributed by atoms with Gasteiger partial charge in [0.15, 0.2) is 16.6 Å². The Balaban J connectivity index is 4.55. The lowest BCUT2D eigenvalue weighted by Gasteiger charge is -2.32. The Kier molecular flexibility index (Phi) is 17.4. The molecule has 0 radical (unpaired) electrons. The Bertz CT molecular complexity index is 536. The van der Waals surface area contributed by atoms with Crippen molar-refractivity contribution in [3.8, 4) is 0 Å². The number of carbonyl (C=O) groups excluding carboxylic acids is 1. The van der Waals surface area contributed by atoms with Crippen molar-refractivity contribution >= 4 is 22.5 Å². The Morgan fingerprint density at radius 3 is 1.94 bits per heavy atom. The van der Waals surface area contributed by atoms with E-state index >= 15 is 0 Å².